The largest absolute Gasteiger partial charge is 0.319 e. The van der Waals surface area contributed by atoms with Crippen LogP contribution in [0.2, 0.25) is 5.02 Å². The molecule has 1 N–H and O–H groups in total. The van der Waals surface area contributed by atoms with Crippen molar-refractivity contribution in [1.29, 1.82) is 0 Å². The third-order valence-electron chi connectivity index (χ3n) is 5.87. The van der Waals surface area contributed by atoms with Crippen LogP contribution in [-0.2, 0) is 6.54 Å². The third kappa shape index (κ3) is 3.84. The number of nitrogens with zero attached hydrogens (tertiary/aromatic N) is 4. The predicted octanol–water partition coefficient (Wildman–Crippen LogP) is 4.92. The normalized spacial score (nSPS) is 11.3. The van der Waals surface area contributed by atoms with Crippen LogP contribution >= 0.6 is 11.6 Å². The van der Waals surface area contributed by atoms with Crippen molar-refractivity contribution >= 4 is 39.9 Å². The van der Waals surface area contributed by atoms with Gasteiger partial charge in [-0.3, -0.25) is 14.2 Å². The Bertz CT molecular complexity index is 1630. The van der Waals surface area contributed by atoms with Gasteiger partial charge in [-0.2, -0.15) is 4.98 Å². The van der Waals surface area contributed by atoms with Gasteiger partial charge in [0.05, 0.1) is 17.6 Å². The van der Waals surface area contributed by atoms with E-state index in [1.54, 1.807) is 22.8 Å². The first-order chi connectivity index (χ1) is 16.3. The zero-order valence-electron chi connectivity index (χ0n) is 19.0. The van der Waals surface area contributed by atoms with Crippen molar-refractivity contribution in [1.82, 2.24) is 19.2 Å². The summed E-state index contributed by atoms with van der Waals surface area (Å²) >= 11 is 6.17. The first kappa shape index (κ1) is 21.9. The van der Waals surface area contributed by atoms with Crippen molar-refractivity contribution in [2.75, 3.05) is 5.32 Å². The van der Waals surface area contributed by atoms with Crippen LogP contribution in [0.1, 0.15) is 32.9 Å². The molecule has 0 bridgehead atoms. The lowest BCUT2D eigenvalue weighted by atomic mass is 10.1. The number of carbonyl (C=O) groups excluding carboxylic acids is 1. The fraction of sp³-hybridized carbons (Fsp3) is 0.154. The van der Waals surface area contributed by atoms with Crippen LogP contribution in [0.4, 0.5) is 5.69 Å². The number of aromatic nitrogens is 4. The molecule has 0 aliphatic rings. The maximum Gasteiger partial charge on any atom is 0.296 e. The molecule has 0 spiro atoms. The van der Waals surface area contributed by atoms with Gasteiger partial charge in [-0.05, 0) is 61.7 Å². The minimum Gasteiger partial charge on any atom is -0.319 e. The van der Waals surface area contributed by atoms with Crippen molar-refractivity contribution in [2.45, 2.75) is 27.3 Å². The highest BCUT2D eigenvalue weighted by Gasteiger charge is 2.20. The molecule has 5 rings (SSSR count). The summed E-state index contributed by atoms with van der Waals surface area (Å²) in [6, 6.07) is 19.1. The van der Waals surface area contributed by atoms with Gasteiger partial charge in [-0.1, -0.05) is 53.6 Å². The summed E-state index contributed by atoms with van der Waals surface area (Å²) in [6.07, 6.45) is 0. The van der Waals surface area contributed by atoms with Gasteiger partial charge in [-0.15, -0.1) is 5.10 Å². The number of fused-ring (bicyclic) bond motifs is 3. The Morgan fingerprint density at radius 3 is 2.47 bits per heavy atom. The minimum absolute atomic E-state index is 0.0913. The summed E-state index contributed by atoms with van der Waals surface area (Å²) in [7, 11) is 0. The number of amides is 1. The standard InChI is InChI=1S/C26H22ClN5O2/c1-15-7-10-18(11-8-15)14-31-22-13-16(2)9-12-21(22)32-24(26(31)34)29-23(30-32)25(33)28-20-6-4-5-19(27)17(20)3/h4-13H,14H2,1-3H3,(H,28,33). The second-order valence-corrected chi connectivity index (χ2v) is 8.81. The number of hydrogen-bond acceptors (Lipinski definition) is 4. The minimum atomic E-state index is -0.515. The molecule has 0 fully saturated rings. The monoisotopic (exact) mass is 471 g/mol. The SMILES string of the molecule is Cc1ccc(Cn2c(=O)c3nc(C(=O)Nc4cccc(Cl)c4C)nn3c3ccc(C)cc32)cc1. The van der Waals surface area contributed by atoms with Crippen LogP contribution in [-0.4, -0.2) is 25.1 Å². The van der Waals surface area contributed by atoms with E-state index in [9.17, 15) is 9.59 Å². The van der Waals surface area contributed by atoms with Crippen LogP contribution in [0.15, 0.2) is 65.5 Å². The predicted molar refractivity (Wildman–Crippen MR) is 134 cm³/mol. The molecular weight excluding hydrogens is 450 g/mol. The maximum absolute atomic E-state index is 13.5. The Morgan fingerprint density at radius 2 is 1.71 bits per heavy atom. The first-order valence-electron chi connectivity index (χ1n) is 10.8. The van der Waals surface area contributed by atoms with Crippen molar-refractivity contribution < 1.29 is 4.79 Å². The Hall–Kier alpha value is -3.97. The molecule has 0 atom stereocenters. The summed E-state index contributed by atoms with van der Waals surface area (Å²) in [5.41, 5.74) is 5.65. The fourth-order valence-corrected chi connectivity index (χ4v) is 4.10. The summed E-state index contributed by atoms with van der Waals surface area (Å²) in [5, 5.41) is 7.72. The van der Waals surface area contributed by atoms with Crippen molar-refractivity contribution in [2.24, 2.45) is 0 Å². The van der Waals surface area contributed by atoms with Crippen molar-refractivity contribution in [3.63, 3.8) is 0 Å². The summed E-state index contributed by atoms with van der Waals surface area (Å²) in [5.74, 6) is -0.606. The van der Waals surface area contributed by atoms with Gasteiger partial charge in [0.15, 0.2) is 0 Å². The van der Waals surface area contributed by atoms with Gasteiger partial charge >= 0.3 is 0 Å². The Balaban J connectivity index is 1.64. The molecule has 0 aliphatic carbocycles. The number of rotatable bonds is 4. The Morgan fingerprint density at radius 1 is 0.971 bits per heavy atom. The second kappa shape index (κ2) is 8.43. The number of nitrogens with one attached hydrogen (secondary N) is 1. The molecule has 0 radical (unpaired) electrons. The van der Waals surface area contributed by atoms with E-state index in [2.05, 4.69) is 15.4 Å². The van der Waals surface area contributed by atoms with Crippen LogP contribution in [0.25, 0.3) is 16.7 Å². The molecule has 8 heteroatoms. The van der Waals surface area contributed by atoms with E-state index in [4.69, 9.17) is 11.6 Å². The quantitative estimate of drug-likeness (QED) is 0.403. The lowest BCUT2D eigenvalue weighted by Gasteiger charge is -2.12. The van der Waals surface area contributed by atoms with Crippen molar-refractivity contribution in [3.8, 4) is 0 Å². The van der Waals surface area contributed by atoms with E-state index < -0.39 is 5.91 Å². The van der Waals surface area contributed by atoms with E-state index in [0.717, 1.165) is 27.8 Å². The van der Waals surface area contributed by atoms with Gasteiger partial charge < -0.3 is 5.32 Å². The van der Waals surface area contributed by atoms with Crippen LogP contribution in [0.5, 0.6) is 0 Å². The summed E-state index contributed by atoms with van der Waals surface area (Å²) in [6.45, 7) is 6.19. The maximum atomic E-state index is 13.5. The Labute approximate surface area is 200 Å². The topological polar surface area (TPSA) is 81.3 Å². The molecule has 2 heterocycles. The average Bonchev–Trinajstić information content (AvgIpc) is 3.27. The number of carbonyl (C=O) groups is 1. The van der Waals surface area contributed by atoms with Gasteiger partial charge in [0.1, 0.15) is 0 Å². The number of hydrogen-bond donors (Lipinski definition) is 1. The smallest absolute Gasteiger partial charge is 0.296 e. The van der Waals surface area contributed by atoms with Crippen molar-refractivity contribution in [3.05, 3.63) is 104 Å². The van der Waals surface area contributed by atoms with Crippen LogP contribution in [0, 0.1) is 20.8 Å². The summed E-state index contributed by atoms with van der Waals surface area (Å²) < 4.78 is 3.13. The molecule has 34 heavy (non-hydrogen) atoms. The third-order valence-corrected chi connectivity index (χ3v) is 6.28. The lowest BCUT2D eigenvalue weighted by Crippen LogP contribution is -2.24. The first-order valence-corrected chi connectivity index (χ1v) is 11.2. The zero-order valence-corrected chi connectivity index (χ0v) is 19.7. The number of benzene rings is 3. The molecular formula is C26H22ClN5O2. The number of halogens is 1. The molecule has 5 aromatic rings. The lowest BCUT2D eigenvalue weighted by molar-refractivity contribution is 0.101. The van der Waals surface area contributed by atoms with E-state index in [-0.39, 0.29) is 17.0 Å². The van der Waals surface area contributed by atoms with Gasteiger partial charge in [0, 0.05) is 10.7 Å². The Kier molecular flexibility index (Phi) is 5.42. The molecule has 2 aromatic heterocycles. The van der Waals surface area contributed by atoms with E-state index in [1.165, 1.54) is 4.52 Å². The fourth-order valence-electron chi connectivity index (χ4n) is 3.93. The second-order valence-electron chi connectivity index (χ2n) is 8.41. The van der Waals surface area contributed by atoms with E-state index >= 15 is 0 Å². The molecule has 0 aliphatic heterocycles. The van der Waals surface area contributed by atoms with Gasteiger partial charge in [0.25, 0.3) is 11.5 Å². The highest BCUT2D eigenvalue weighted by Crippen LogP contribution is 2.23. The molecule has 0 saturated heterocycles. The molecule has 0 unspecified atom stereocenters. The van der Waals surface area contributed by atoms with E-state index in [0.29, 0.717) is 22.8 Å². The molecule has 3 aromatic carbocycles. The highest BCUT2D eigenvalue weighted by atomic mass is 35.5. The molecule has 0 saturated carbocycles. The summed E-state index contributed by atoms with van der Waals surface area (Å²) in [4.78, 5) is 30.8. The molecule has 170 valence electrons. The van der Waals surface area contributed by atoms with Crippen LogP contribution in [0.3, 0.4) is 0 Å². The molecule has 1 amide bonds. The van der Waals surface area contributed by atoms with Gasteiger partial charge in [-0.25, -0.2) is 4.52 Å². The van der Waals surface area contributed by atoms with Crippen LogP contribution < -0.4 is 10.9 Å². The van der Waals surface area contributed by atoms with E-state index in [1.807, 2.05) is 63.2 Å². The average molecular weight is 472 g/mol. The zero-order chi connectivity index (χ0) is 24.0. The van der Waals surface area contributed by atoms with Gasteiger partial charge in [0.2, 0.25) is 11.5 Å². The molecule has 7 nitrogen and oxygen atoms in total. The number of aryl methyl sites for hydroxylation is 2. The number of anilines is 1. The highest BCUT2D eigenvalue weighted by molar-refractivity contribution is 6.31.